The van der Waals surface area contributed by atoms with Gasteiger partial charge in [0.2, 0.25) is 0 Å². The second-order valence-electron chi connectivity index (χ2n) is 3.24. The number of likely N-dealkylation sites (N-methyl/N-ethyl adjacent to an activating group) is 1. The zero-order chi connectivity index (χ0) is 11.3. The van der Waals surface area contributed by atoms with Gasteiger partial charge in [0.1, 0.15) is 0 Å². The number of nitrogens with zero attached hydrogens (tertiary/aromatic N) is 1. The molecular weight excluding hydrogens is 194 g/mol. The molecule has 0 aromatic heterocycles. The summed E-state index contributed by atoms with van der Waals surface area (Å²) in [6.07, 6.45) is 0. The molecule has 4 nitrogen and oxygen atoms in total. The van der Waals surface area contributed by atoms with Crippen LogP contribution in [0.15, 0.2) is 30.3 Å². The molecule has 0 fully saturated rings. The van der Waals surface area contributed by atoms with Gasteiger partial charge in [0.15, 0.2) is 0 Å². The maximum absolute atomic E-state index is 10.8. The normalized spacial score (nSPS) is 12.5. The Hall–Kier alpha value is -1.39. The summed E-state index contributed by atoms with van der Waals surface area (Å²) < 4.78 is 0. The Kier molecular flexibility index (Phi) is 4.27. The lowest BCUT2D eigenvalue weighted by Gasteiger charge is -2.24. The number of benzene rings is 1. The van der Waals surface area contributed by atoms with Crippen molar-refractivity contribution in [2.45, 2.75) is 13.0 Å². The third-order valence-electron chi connectivity index (χ3n) is 2.07. The fourth-order valence-electron chi connectivity index (χ4n) is 1.37. The number of hydroxylamine groups is 2. The minimum absolute atomic E-state index is 0.103. The first kappa shape index (κ1) is 11.7. The third-order valence-corrected chi connectivity index (χ3v) is 2.07. The summed E-state index contributed by atoms with van der Waals surface area (Å²) in [5.74, 6) is -0.396. The van der Waals surface area contributed by atoms with Crippen LogP contribution in [0.25, 0.3) is 0 Å². The molecule has 1 rings (SSSR count). The van der Waals surface area contributed by atoms with Gasteiger partial charge in [-0.1, -0.05) is 30.3 Å². The van der Waals surface area contributed by atoms with Gasteiger partial charge in [-0.3, -0.25) is 4.79 Å². The minimum atomic E-state index is -0.396. The van der Waals surface area contributed by atoms with E-state index in [2.05, 4.69) is 0 Å². The van der Waals surface area contributed by atoms with Crippen molar-refractivity contribution in [2.24, 2.45) is 0 Å². The van der Waals surface area contributed by atoms with Gasteiger partial charge < -0.3 is 9.94 Å². The molecule has 1 aromatic rings. The Balaban J connectivity index is 2.75. The van der Waals surface area contributed by atoms with E-state index < -0.39 is 5.97 Å². The predicted octanol–water partition coefficient (Wildman–Crippen LogP) is 1.13. The van der Waals surface area contributed by atoms with Crippen LogP contribution in [0.3, 0.4) is 0 Å². The van der Waals surface area contributed by atoms with Gasteiger partial charge in [-0.15, -0.1) is 5.06 Å². The molecule has 15 heavy (non-hydrogen) atoms. The lowest BCUT2D eigenvalue weighted by molar-refractivity contribution is -0.195. The van der Waals surface area contributed by atoms with Crippen molar-refractivity contribution in [1.82, 2.24) is 5.06 Å². The molecule has 1 N–H and O–H groups in total. The van der Waals surface area contributed by atoms with E-state index in [9.17, 15) is 9.90 Å². The van der Waals surface area contributed by atoms with E-state index in [4.69, 9.17) is 4.84 Å². The van der Waals surface area contributed by atoms with E-state index in [1.807, 2.05) is 30.3 Å². The Labute approximate surface area is 89.0 Å². The molecule has 0 radical (unpaired) electrons. The highest BCUT2D eigenvalue weighted by molar-refractivity contribution is 5.65. The van der Waals surface area contributed by atoms with E-state index in [-0.39, 0.29) is 12.6 Å². The molecule has 0 amide bonds. The summed E-state index contributed by atoms with van der Waals surface area (Å²) in [7, 11) is 1.62. The number of hydrogen-bond acceptors (Lipinski definition) is 4. The van der Waals surface area contributed by atoms with Crippen LogP contribution in [0.2, 0.25) is 0 Å². The van der Waals surface area contributed by atoms with Crippen molar-refractivity contribution in [2.75, 3.05) is 13.7 Å². The van der Waals surface area contributed by atoms with Gasteiger partial charge in [0, 0.05) is 14.0 Å². The molecule has 0 spiro atoms. The fourth-order valence-corrected chi connectivity index (χ4v) is 1.37. The van der Waals surface area contributed by atoms with Crippen molar-refractivity contribution in [3.05, 3.63) is 35.9 Å². The van der Waals surface area contributed by atoms with Gasteiger partial charge in [-0.2, -0.15) is 0 Å². The summed E-state index contributed by atoms with van der Waals surface area (Å²) >= 11 is 0. The summed E-state index contributed by atoms with van der Waals surface area (Å²) in [6, 6.07) is 9.07. The molecule has 4 heteroatoms. The number of hydrogen-bond donors (Lipinski definition) is 1. The third kappa shape index (κ3) is 3.34. The van der Waals surface area contributed by atoms with Gasteiger partial charge in [-0.25, -0.2) is 0 Å². The summed E-state index contributed by atoms with van der Waals surface area (Å²) in [6.45, 7) is 1.23. The van der Waals surface area contributed by atoms with Crippen molar-refractivity contribution in [1.29, 1.82) is 0 Å². The Bertz CT molecular complexity index is 313. The number of carbonyl (C=O) groups is 1. The first-order valence-corrected chi connectivity index (χ1v) is 4.72. The summed E-state index contributed by atoms with van der Waals surface area (Å²) in [5.41, 5.74) is 0.906. The molecule has 1 unspecified atom stereocenters. The van der Waals surface area contributed by atoms with Crippen molar-refractivity contribution < 1.29 is 14.7 Å². The van der Waals surface area contributed by atoms with Gasteiger partial charge in [0.25, 0.3) is 0 Å². The first-order valence-electron chi connectivity index (χ1n) is 4.72. The van der Waals surface area contributed by atoms with Gasteiger partial charge in [0.05, 0.1) is 12.6 Å². The molecule has 0 aliphatic rings. The minimum Gasteiger partial charge on any atom is -0.394 e. The molecule has 1 aromatic carbocycles. The van der Waals surface area contributed by atoms with Gasteiger partial charge >= 0.3 is 5.97 Å². The van der Waals surface area contributed by atoms with Crippen LogP contribution in [0.1, 0.15) is 18.5 Å². The smallest absolute Gasteiger partial charge is 0.322 e. The van der Waals surface area contributed by atoms with Gasteiger partial charge in [-0.05, 0) is 5.56 Å². The second kappa shape index (κ2) is 5.48. The van der Waals surface area contributed by atoms with E-state index in [1.165, 1.54) is 12.0 Å². The number of rotatable bonds is 4. The van der Waals surface area contributed by atoms with Crippen LogP contribution < -0.4 is 0 Å². The van der Waals surface area contributed by atoms with Crippen molar-refractivity contribution in [3.8, 4) is 0 Å². The largest absolute Gasteiger partial charge is 0.394 e. The van der Waals surface area contributed by atoms with Crippen LogP contribution in [0, 0.1) is 0 Å². The zero-order valence-electron chi connectivity index (χ0n) is 8.88. The highest BCUT2D eigenvalue weighted by atomic mass is 16.7. The van der Waals surface area contributed by atoms with Crippen LogP contribution in [0.5, 0.6) is 0 Å². The fraction of sp³-hybridized carbons (Fsp3) is 0.364. The quantitative estimate of drug-likeness (QED) is 0.755. The monoisotopic (exact) mass is 209 g/mol. The molecular formula is C11H15NO3. The van der Waals surface area contributed by atoms with Crippen molar-refractivity contribution in [3.63, 3.8) is 0 Å². The van der Waals surface area contributed by atoms with Crippen LogP contribution >= 0.6 is 0 Å². The highest BCUT2D eigenvalue weighted by Crippen LogP contribution is 2.18. The topological polar surface area (TPSA) is 49.8 Å². The van der Waals surface area contributed by atoms with E-state index in [0.717, 1.165) is 5.56 Å². The number of aliphatic hydroxyl groups is 1. The predicted molar refractivity (Wildman–Crippen MR) is 55.8 cm³/mol. The number of aliphatic hydroxyl groups excluding tert-OH is 1. The second-order valence-corrected chi connectivity index (χ2v) is 3.24. The highest BCUT2D eigenvalue weighted by Gasteiger charge is 2.18. The lowest BCUT2D eigenvalue weighted by atomic mass is 10.1. The maximum atomic E-state index is 10.8. The molecule has 0 saturated carbocycles. The Morgan fingerprint density at radius 2 is 2.07 bits per heavy atom. The average Bonchev–Trinajstić information content (AvgIpc) is 2.19. The molecule has 0 bridgehead atoms. The SMILES string of the molecule is CC(=O)ON(C)C(CO)c1ccccc1. The average molecular weight is 209 g/mol. The summed E-state index contributed by atoms with van der Waals surface area (Å²) in [4.78, 5) is 15.7. The molecule has 82 valence electrons. The zero-order valence-corrected chi connectivity index (χ0v) is 8.88. The first-order chi connectivity index (χ1) is 7.15. The molecule has 0 aliphatic heterocycles. The number of carbonyl (C=O) groups excluding carboxylic acids is 1. The Morgan fingerprint density at radius 1 is 1.47 bits per heavy atom. The molecule has 0 heterocycles. The van der Waals surface area contributed by atoms with Crippen LogP contribution in [-0.4, -0.2) is 29.8 Å². The molecule has 0 saturated heterocycles. The van der Waals surface area contributed by atoms with E-state index >= 15 is 0 Å². The molecule has 1 atom stereocenters. The summed E-state index contributed by atoms with van der Waals surface area (Å²) in [5, 5.41) is 10.6. The van der Waals surface area contributed by atoms with E-state index in [0.29, 0.717) is 0 Å². The van der Waals surface area contributed by atoms with Crippen LogP contribution in [0.4, 0.5) is 0 Å². The van der Waals surface area contributed by atoms with Crippen molar-refractivity contribution >= 4 is 5.97 Å². The van der Waals surface area contributed by atoms with E-state index in [1.54, 1.807) is 7.05 Å². The maximum Gasteiger partial charge on any atom is 0.322 e. The molecule has 0 aliphatic carbocycles. The standard InChI is InChI=1S/C11H15NO3/c1-9(14)15-12(2)11(8-13)10-6-4-3-5-7-10/h3-7,11,13H,8H2,1-2H3. The lowest BCUT2D eigenvalue weighted by Crippen LogP contribution is -2.29. The van der Waals surface area contributed by atoms with Crippen LogP contribution in [-0.2, 0) is 9.63 Å². The Morgan fingerprint density at radius 3 is 2.53 bits per heavy atom.